The van der Waals surface area contributed by atoms with Crippen LogP contribution in [0, 0.1) is 0 Å². The molecular formula is C25H16N2O4. The third-order valence-electron chi connectivity index (χ3n) is 5.47. The standard InChI is InChI=1S/C25H16N2O4/c26-19-10-9-17-21(24(30)16-8-4-3-7-15(16)23(17)29)22(19)27-25(31)18-11-13-5-1-2-6-14(13)12-20(18)28/h1-12,28H,26H2,(H,27,31). The van der Waals surface area contributed by atoms with Crippen LogP contribution in [0.25, 0.3) is 10.8 Å². The number of carbonyl (C=O) groups is 3. The lowest BCUT2D eigenvalue weighted by Gasteiger charge is -2.21. The Morgan fingerprint density at radius 3 is 2.10 bits per heavy atom. The Morgan fingerprint density at radius 1 is 0.774 bits per heavy atom. The van der Waals surface area contributed by atoms with Crippen LogP contribution in [0.1, 0.15) is 42.2 Å². The summed E-state index contributed by atoms with van der Waals surface area (Å²) in [5.41, 5.74) is 7.13. The highest BCUT2D eigenvalue weighted by Crippen LogP contribution is 2.36. The zero-order valence-electron chi connectivity index (χ0n) is 16.2. The fourth-order valence-corrected chi connectivity index (χ4v) is 3.93. The minimum absolute atomic E-state index is 0.0330. The number of carbonyl (C=O) groups excluding carboxylic acids is 3. The number of amides is 1. The number of benzene rings is 4. The second-order valence-electron chi connectivity index (χ2n) is 7.33. The minimum atomic E-state index is -0.637. The van der Waals surface area contributed by atoms with Crippen LogP contribution in [0.4, 0.5) is 11.4 Å². The van der Waals surface area contributed by atoms with Gasteiger partial charge >= 0.3 is 0 Å². The van der Waals surface area contributed by atoms with Gasteiger partial charge in [0, 0.05) is 16.7 Å². The van der Waals surface area contributed by atoms with Crippen molar-refractivity contribution in [3.8, 4) is 5.75 Å². The first-order chi connectivity index (χ1) is 15.0. The van der Waals surface area contributed by atoms with E-state index in [2.05, 4.69) is 5.32 Å². The molecule has 0 aliphatic heterocycles. The van der Waals surface area contributed by atoms with Gasteiger partial charge < -0.3 is 16.2 Å². The van der Waals surface area contributed by atoms with E-state index in [1.807, 2.05) is 24.3 Å². The summed E-state index contributed by atoms with van der Waals surface area (Å²) in [7, 11) is 0. The number of nitrogens with two attached hydrogens (primary N) is 1. The molecule has 4 aromatic rings. The quantitative estimate of drug-likeness (QED) is 0.380. The molecule has 4 aromatic carbocycles. The molecule has 0 fully saturated rings. The van der Waals surface area contributed by atoms with Gasteiger partial charge in [-0.15, -0.1) is 0 Å². The first kappa shape index (κ1) is 18.6. The van der Waals surface area contributed by atoms with Crippen molar-refractivity contribution in [2.45, 2.75) is 0 Å². The Labute approximate surface area is 176 Å². The van der Waals surface area contributed by atoms with E-state index in [1.54, 1.807) is 30.3 Å². The van der Waals surface area contributed by atoms with E-state index < -0.39 is 11.7 Å². The number of nitrogen functional groups attached to an aromatic ring is 1. The molecule has 0 radical (unpaired) electrons. The topological polar surface area (TPSA) is 109 Å². The van der Waals surface area contributed by atoms with Crippen molar-refractivity contribution in [1.82, 2.24) is 0 Å². The normalized spacial score (nSPS) is 12.4. The second-order valence-corrected chi connectivity index (χ2v) is 7.33. The van der Waals surface area contributed by atoms with Gasteiger partial charge in [0.15, 0.2) is 11.6 Å². The Balaban J connectivity index is 1.61. The van der Waals surface area contributed by atoms with Crippen molar-refractivity contribution in [2.24, 2.45) is 0 Å². The lowest BCUT2D eigenvalue weighted by molar-refractivity contribution is 0.0978. The molecule has 0 heterocycles. The third kappa shape index (κ3) is 2.85. The number of hydrogen-bond acceptors (Lipinski definition) is 5. The molecule has 5 rings (SSSR count). The average Bonchev–Trinajstić information content (AvgIpc) is 2.78. The fourth-order valence-electron chi connectivity index (χ4n) is 3.93. The zero-order chi connectivity index (χ0) is 21.7. The van der Waals surface area contributed by atoms with Gasteiger partial charge in [0.25, 0.3) is 5.91 Å². The van der Waals surface area contributed by atoms with Crippen LogP contribution in [0.5, 0.6) is 5.75 Å². The molecular weight excluding hydrogens is 392 g/mol. The fraction of sp³-hybridized carbons (Fsp3) is 0. The lowest BCUT2D eigenvalue weighted by Crippen LogP contribution is -2.24. The van der Waals surface area contributed by atoms with Crippen molar-refractivity contribution >= 4 is 39.6 Å². The van der Waals surface area contributed by atoms with E-state index in [1.165, 1.54) is 18.2 Å². The van der Waals surface area contributed by atoms with Crippen molar-refractivity contribution in [1.29, 1.82) is 0 Å². The van der Waals surface area contributed by atoms with Gasteiger partial charge in [-0.1, -0.05) is 48.5 Å². The smallest absolute Gasteiger partial charge is 0.259 e. The molecule has 150 valence electrons. The SMILES string of the molecule is Nc1ccc2c(c1NC(=O)c1cc3ccccc3cc1O)C(=O)c1ccccc1C2=O. The van der Waals surface area contributed by atoms with Gasteiger partial charge in [0.2, 0.25) is 0 Å². The Kier molecular flexibility index (Phi) is 4.08. The number of hydrogen-bond donors (Lipinski definition) is 3. The predicted molar refractivity (Wildman–Crippen MR) is 118 cm³/mol. The van der Waals surface area contributed by atoms with Gasteiger partial charge in [-0.25, -0.2) is 0 Å². The highest BCUT2D eigenvalue weighted by molar-refractivity contribution is 6.31. The number of anilines is 2. The van der Waals surface area contributed by atoms with Gasteiger partial charge in [-0.3, -0.25) is 14.4 Å². The molecule has 0 spiro atoms. The number of nitrogens with one attached hydrogen (secondary N) is 1. The molecule has 1 amide bonds. The van der Waals surface area contributed by atoms with Crippen LogP contribution in [-0.2, 0) is 0 Å². The number of aromatic hydroxyl groups is 1. The van der Waals surface area contributed by atoms with E-state index >= 15 is 0 Å². The van der Waals surface area contributed by atoms with Gasteiger partial charge in [0.05, 0.1) is 22.5 Å². The maximum atomic E-state index is 13.2. The molecule has 4 N–H and O–H groups in total. The van der Waals surface area contributed by atoms with Crippen molar-refractivity contribution in [3.05, 3.63) is 101 Å². The second kappa shape index (κ2) is 6.81. The summed E-state index contributed by atoms with van der Waals surface area (Å²) in [6, 6.07) is 19.9. The number of fused-ring (bicyclic) bond motifs is 3. The van der Waals surface area contributed by atoms with E-state index in [0.717, 1.165) is 10.8 Å². The van der Waals surface area contributed by atoms with E-state index in [4.69, 9.17) is 5.73 Å². The molecule has 1 aliphatic carbocycles. The maximum absolute atomic E-state index is 13.2. The first-order valence-corrected chi connectivity index (χ1v) is 9.59. The van der Waals surface area contributed by atoms with Gasteiger partial charge in [-0.05, 0) is 35.0 Å². The zero-order valence-corrected chi connectivity index (χ0v) is 16.2. The Morgan fingerprint density at radius 2 is 1.39 bits per heavy atom. The van der Waals surface area contributed by atoms with Crippen LogP contribution in [-0.4, -0.2) is 22.6 Å². The summed E-state index contributed by atoms with van der Waals surface area (Å²) < 4.78 is 0. The van der Waals surface area contributed by atoms with E-state index in [0.29, 0.717) is 5.56 Å². The molecule has 0 saturated carbocycles. The largest absolute Gasteiger partial charge is 0.507 e. The van der Waals surface area contributed by atoms with Crippen molar-refractivity contribution in [2.75, 3.05) is 11.1 Å². The molecule has 6 nitrogen and oxygen atoms in total. The van der Waals surface area contributed by atoms with Crippen LogP contribution >= 0.6 is 0 Å². The predicted octanol–water partition coefficient (Wildman–Crippen LogP) is 4.16. The van der Waals surface area contributed by atoms with Crippen LogP contribution in [0.3, 0.4) is 0 Å². The maximum Gasteiger partial charge on any atom is 0.259 e. The summed E-state index contributed by atoms with van der Waals surface area (Å²) >= 11 is 0. The van der Waals surface area contributed by atoms with E-state index in [9.17, 15) is 19.5 Å². The minimum Gasteiger partial charge on any atom is -0.507 e. The van der Waals surface area contributed by atoms with Gasteiger partial charge in [0.1, 0.15) is 5.75 Å². The lowest BCUT2D eigenvalue weighted by atomic mass is 9.83. The molecule has 0 saturated heterocycles. The highest BCUT2D eigenvalue weighted by Gasteiger charge is 2.33. The molecule has 31 heavy (non-hydrogen) atoms. The van der Waals surface area contributed by atoms with Crippen LogP contribution < -0.4 is 11.1 Å². The third-order valence-corrected chi connectivity index (χ3v) is 5.47. The molecule has 0 atom stereocenters. The molecule has 0 bridgehead atoms. The Bertz CT molecular complexity index is 1440. The molecule has 6 heteroatoms. The molecule has 1 aliphatic rings. The van der Waals surface area contributed by atoms with E-state index in [-0.39, 0.29) is 45.2 Å². The number of ketones is 2. The molecule has 0 unspecified atom stereocenters. The summed E-state index contributed by atoms with van der Waals surface area (Å²) in [6.07, 6.45) is 0. The first-order valence-electron chi connectivity index (χ1n) is 9.59. The summed E-state index contributed by atoms with van der Waals surface area (Å²) in [4.78, 5) is 39.1. The number of phenols is 1. The van der Waals surface area contributed by atoms with Crippen molar-refractivity contribution < 1.29 is 19.5 Å². The molecule has 0 aromatic heterocycles. The van der Waals surface area contributed by atoms with Crippen LogP contribution in [0.15, 0.2) is 72.8 Å². The average molecular weight is 408 g/mol. The summed E-state index contributed by atoms with van der Waals surface area (Å²) in [5.74, 6) is -1.54. The van der Waals surface area contributed by atoms with Gasteiger partial charge in [-0.2, -0.15) is 0 Å². The monoisotopic (exact) mass is 408 g/mol. The Hall–Kier alpha value is -4.45. The summed E-state index contributed by atoms with van der Waals surface area (Å²) in [6.45, 7) is 0. The van der Waals surface area contributed by atoms with Crippen LogP contribution in [0.2, 0.25) is 0 Å². The highest BCUT2D eigenvalue weighted by atomic mass is 16.3. The summed E-state index contributed by atoms with van der Waals surface area (Å²) in [5, 5.41) is 14.6. The number of rotatable bonds is 2. The van der Waals surface area contributed by atoms with Crippen molar-refractivity contribution in [3.63, 3.8) is 0 Å². The number of phenolic OH excluding ortho intramolecular Hbond substituents is 1.